The van der Waals surface area contributed by atoms with Crippen molar-refractivity contribution < 1.29 is 9.32 Å². The first-order chi connectivity index (χ1) is 8.79. The van der Waals surface area contributed by atoms with Crippen LogP contribution in [-0.4, -0.2) is 27.8 Å². The number of rotatable bonds is 6. The predicted octanol–water partition coefficient (Wildman–Crippen LogP) is 1.28. The fourth-order valence-electron chi connectivity index (χ4n) is 1.19. The molecular weight excluding hydrogens is 254 g/mol. The van der Waals surface area contributed by atoms with E-state index in [2.05, 4.69) is 37.4 Å². The zero-order valence-electron chi connectivity index (χ0n) is 9.84. The van der Waals surface area contributed by atoms with E-state index in [1.807, 2.05) is 0 Å². The van der Waals surface area contributed by atoms with Gasteiger partial charge in [-0.3, -0.25) is 4.79 Å². The molecule has 0 aromatic carbocycles. The number of anilines is 1. The molecule has 0 saturated heterocycles. The van der Waals surface area contributed by atoms with Crippen molar-refractivity contribution in [2.24, 2.45) is 0 Å². The molecule has 2 N–H and O–H groups in total. The van der Waals surface area contributed by atoms with Crippen molar-refractivity contribution in [2.75, 3.05) is 11.9 Å². The summed E-state index contributed by atoms with van der Waals surface area (Å²) in [5.41, 5.74) is 0.664. The summed E-state index contributed by atoms with van der Waals surface area (Å²) in [6.45, 7) is 3.18. The van der Waals surface area contributed by atoms with Crippen LogP contribution in [0.1, 0.15) is 28.8 Å². The molecule has 18 heavy (non-hydrogen) atoms. The quantitative estimate of drug-likeness (QED) is 0.819. The Morgan fingerprint density at radius 2 is 2.39 bits per heavy atom. The van der Waals surface area contributed by atoms with Crippen molar-refractivity contribution in [2.45, 2.75) is 19.9 Å². The van der Waals surface area contributed by atoms with E-state index in [9.17, 15) is 4.79 Å². The molecule has 2 rings (SSSR count). The first-order valence-electron chi connectivity index (χ1n) is 5.54. The molecule has 0 atom stereocenters. The number of nitrogens with one attached hydrogen (secondary N) is 2. The van der Waals surface area contributed by atoms with Gasteiger partial charge in [-0.2, -0.15) is 0 Å². The van der Waals surface area contributed by atoms with Crippen molar-refractivity contribution in [1.82, 2.24) is 20.7 Å². The molecule has 0 fully saturated rings. The monoisotopic (exact) mass is 267 g/mol. The zero-order chi connectivity index (χ0) is 12.8. The van der Waals surface area contributed by atoms with Crippen LogP contribution in [0.5, 0.6) is 0 Å². The lowest BCUT2D eigenvalue weighted by molar-refractivity contribution is 0.0949. The summed E-state index contributed by atoms with van der Waals surface area (Å²) in [6.07, 6.45) is 2.45. The molecule has 0 spiro atoms. The SMILES string of the molecule is CCCNc1nnc(C(=O)NCc2ccon2)s1. The van der Waals surface area contributed by atoms with Gasteiger partial charge in [-0.25, -0.2) is 0 Å². The van der Waals surface area contributed by atoms with Crippen LogP contribution in [0.3, 0.4) is 0 Å². The van der Waals surface area contributed by atoms with E-state index in [0.29, 0.717) is 22.4 Å². The number of carbonyl (C=O) groups excluding carboxylic acids is 1. The number of hydrogen-bond acceptors (Lipinski definition) is 7. The lowest BCUT2D eigenvalue weighted by Crippen LogP contribution is -2.22. The highest BCUT2D eigenvalue weighted by Gasteiger charge is 2.12. The van der Waals surface area contributed by atoms with Crippen molar-refractivity contribution in [3.8, 4) is 0 Å². The minimum atomic E-state index is -0.264. The molecule has 2 heterocycles. The lowest BCUT2D eigenvalue weighted by Gasteiger charge is -1.98. The topological polar surface area (TPSA) is 92.9 Å². The van der Waals surface area contributed by atoms with Crippen LogP contribution in [-0.2, 0) is 6.54 Å². The predicted molar refractivity (Wildman–Crippen MR) is 66.4 cm³/mol. The number of aromatic nitrogens is 3. The van der Waals surface area contributed by atoms with Crippen LogP contribution in [0.4, 0.5) is 5.13 Å². The van der Waals surface area contributed by atoms with Gasteiger partial charge >= 0.3 is 0 Å². The molecule has 0 bridgehead atoms. The van der Waals surface area contributed by atoms with E-state index in [1.54, 1.807) is 6.07 Å². The first kappa shape index (κ1) is 12.5. The van der Waals surface area contributed by atoms with Gasteiger partial charge in [-0.05, 0) is 6.42 Å². The van der Waals surface area contributed by atoms with Gasteiger partial charge in [0.2, 0.25) is 10.1 Å². The van der Waals surface area contributed by atoms with Crippen LogP contribution >= 0.6 is 11.3 Å². The summed E-state index contributed by atoms with van der Waals surface area (Å²) in [5, 5.41) is 18.1. The van der Waals surface area contributed by atoms with Crippen LogP contribution < -0.4 is 10.6 Å². The molecule has 0 unspecified atom stereocenters. The summed E-state index contributed by atoms with van der Waals surface area (Å²) >= 11 is 1.23. The van der Waals surface area contributed by atoms with E-state index in [-0.39, 0.29) is 5.91 Å². The van der Waals surface area contributed by atoms with Gasteiger partial charge < -0.3 is 15.2 Å². The van der Waals surface area contributed by atoms with Gasteiger partial charge in [-0.15, -0.1) is 10.2 Å². The van der Waals surface area contributed by atoms with E-state index >= 15 is 0 Å². The molecule has 0 aliphatic heterocycles. The molecule has 7 nitrogen and oxygen atoms in total. The molecule has 1 amide bonds. The molecule has 0 saturated carbocycles. The summed E-state index contributed by atoms with van der Waals surface area (Å²) in [4.78, 5) is 11.7. The number of hydrogen-bond donors (Lipinski definition) is 2. The fourth-order valence-corrected chi connectivity index (χ4v) is 1.88. The molecule has 2 aromatic rings. The summed E-state index contributed by atoms with van der Waals surface area (Å²) < 4.78 is 4.66. The maximum absolute atomic E-state index is 11.7. The van der Waals surface area contributed by atoms with Crippen molar-refractivity contribution >= 4 is 22.4 Å². The average Bonchev–Trinajstić information content (AvgIpc) is 3.04. The van der Waals surface area contributed by atoms with Crippen LogP contribution in [0.25, 0.3) is 0 Å². The Morgan fingerprint density at radius 3 is 3.11 bits per heavy atom. The number of carbonyl (C=O) groups is 1. The Labute approximate surface area is 108 Å². The molecular formula is C10H13N5O2S. The van der Waals surface area contributed by atoms with Gasteiger partial charge in [0.25, 0.3) is 5.91 Å². The summed E-state index contributed by atoms with van der Waals surface area (Å²) in [5.74, 6) is -0.264. The fraction of sp³-hybridized carbons (Fsp3) is 0.400. The molecule has 0 aliphatic carbocycles. The van der Waals surface area contributed by atoms with Crippen LogP contribution in [0, 0.1) is 0 Å². The van der Waals surface area contributed by atoms with E-state index in [4.69, 9.17) is 0 Å². The van der Waals surface area contributed by atoms with Crippen molar-refractivity contribution in [3.63, 3.8) is 0 Å². The van der Waals surface area contributed by atoms with E-state index in [1.165, 1.54) is 17.6 Å². The van der Waals surface area contributed by atoms with Gasteiger partial charge in [0, 0.05) is 12.6 Å². The minimum Gasteiger partial charge on any atom is -0.364 e. The highest BCUT2D eigenvalue weighted by molar-refractivity contribution is 7.17. The zero-order valence-corrected chi connectivity index (χ0v) is 10.7. The van der Waals surface area contributed by atoms with Crippen LogP contribution in [0.2, 0.25) is 0 Å². The molecule has 0 radical (unpaired) electrons. The average molecular weight is 267 g/mol. The number of amides is 1. The third kappa shape index (κ3) is 3.27. The Balaban J connectivity index is 1.86. The molecule has 0 aliphatic rings. The maximum Gasteiger partial charge on any atom is 0.282 e. The van der Waals surface area contributed by atoms with Gasteiger partial charge in [0.05, 0.1) is 6.54 Å². The number of nitrogens with zero attached hydrogens (tertiary/aromatic N) is 3. The third-order valence-corrected chi connectivity index (χ3v) is 2.95. The Morgan fingerprint density at radius 1 is 1.50 bits per heavy atom. The third-order valence-electron chi connectivity index (χ3n) is 2.07. The second-order valence-corrected chi connectivity index (χ2v) is 4.49. The summed E-state index contributed by atoms with van der Waals surface area (Å²) in [6, 6.07) is 1.69. The highest BCUT2D eigenvalue weighted by atomic mass is 32.1. The first-order valence-corrected chi connectivity index (χ1v) is 6.36. The molecule has 8 heteroatoms. The minimum absolute atomic E-state index is 0.264. The molecule has 2 aromatic heterocycles. The van der Waals surface area contributed by atoms with Gasteiger partial charge in [0.1, 0.15) is 12.0 Å². The van der Waals surface area contributed by atoms with Crippen molar-refractivity contribution in [3.05, 3.63) is 23.0 Å². The lowest BCUT2D eigenvalue weighted by atomic mass is 10.4. The van der Waals surface area contributed by atoms with E-state index < -0.39 is 0 Å². The Hall–Kier alpha value is -1.96. The Kier molecular flexibility index (Phi) is 4.24. The maximum atomic E-state index is 11.7. The second-order valence-electron chi connectivity index (χ2n) is 3.51. The van der Waals surface area contributed by atoms with Crippen molar-refractivity contribution in [1.29, 1.82) is 0 Å². The standard InChI is InChI=1S/C10H13N5O2S/c1-2-4-11-10-14-13-9(18-10)8(16)12-6-7-3-5-17-15-7/h3,5H,2,4,6H2,1H3,(H,11,14)(H,12,16). The Bertz CT molecular complexity index is 496. The largest absolute Gasteiger partial charge is 0.364 e. The highest BCUT2D eigenvalue weighted by Crippen LogP contribution is 2.14. The van der Waals surface area contributed by atoms with E-state index in [0.717, 1.165) is 13.0 Å². The van der Waals surface area contributed by atoms with Gasteiger partial charge in [0.15, 0.2) is 0 Å². The van der Waals surface area contributed by atoms with Crippen LogP contribution in [0.15, 0.2) is 16.9 Å². The smallest absolute Gasteiger partial charge is 0.282 e. The normalized spacial score (nSPS) is 10.3. The second kappa shape index (κ2) is 6.10. The summed E-state index contributed by atoms with van der Waals surface area (Å²) in [7, 11) is 0. The molecule has 96 valence electrons. The van der Waals surface area contributed by atoms with Gasteiger partial charge in [-0.1, -0.05) is 23.4 Å².